The summed E-state index contributed by atoms with van der Waals surface area (Å²) in [5, 5.41) is 17.4. The molecule has 13 nitrogen and oxygen atoms in total. The number of fused-ring (bicyclic) bond motifs is 2. The molecule has 0 N–H and O–H groups in total. The molecule has 2 aromatic carbocycles. The van der Waals surface area contributed by atoms with Crippen molar-refractivity contribution in [1.29, 1.82) is 0 Å². The van der Waals surface area contributed by atoms with Gasteiger partial charge in [0.05, 0.1) is 90.5 Å². The summed E-state index contributed by atoms with van der Waals surface area (Å²) in [5.41, 5.74) is 8.25. The molecule has 0 saturated carbocycles. The van der Waals surface area contributed by atoms with E-state index in [4.69, 9.17) is 23.7 Å². The fourth-order valence-electron chi connectivity index (χ4n) is 8.78. The monoisotopic (exact) mass is 843 g/mol. The van der Waals surface area contributed by atoms with E-state index < -0.39 is 0 Å². The third-order valence-corrected chi connectivity index (χ3v) is 12.0. The molecule has 0 aliphatic heterocycles. The molecule has 0 spiro atoms. The van der Waals surface area contributed by atoms with Crippen LogP contribution in [0.2, 0.25) is 0 Å². The van der Waals surface area contributed by atoms with Gasteiger partial charge in [0.15, 0.2) is 0 Å². The molecule has 0 unspecified atom stereocenters. The van der Waals surface area contributed by atoms with Crippen molar-refractivity contribution >= 4 is 0 Å². The highest BCUT2D eigenvalue weighted by Crippen LogP contribution is 2.27. The van der Waals surface area contributed by atoms with Crippen LogP contribution in [0, 0.1) is 0 Å². The molecule has 2 aliphatic carbocycles. The summed E-state index contributed by atoms with van der Waals surface area (Å²) in [6.45, 7) is 16.0. The molecule has 0 fully saturated rings. The van der Waals surface area contributed by atoms with Gasteiger partial charge in [-0.2, -0.15) is 0 Å². The lowest BCUT2D eigenvalue weighted by Crippen LogP contribution is -2.37. The van der Waals surface area contributed by atoms with E-state index in [-0.39, 0.29) is 0 Å². The molecule has 2 heterocycles. The molecule has 61 heavy (non-hydrogen) atoms. The Morgan fingerprint density at radius 2 is 0.820 bits per heavy atom. The Morgan fingerprint density at radius 1 is 0.475 bits per heavy atom. The Labute approximate surface area is 365 Å². The van der Waals surface area contributed by atoms with E-state index in [1.54, 1.807) is 0 Å². The number of unbranched alkanes of at least 4 members (excludes halogenated alkanes) is 2. The number of hydrogen-bond donors (Lipinski definition) is 0. The zero-order valence-electron chi connectivity index (χ0n) is 37.3. The SMILES string of the molecule is CCCN(CCCCc1cn(CCOCCOCCOCCOCCOCCn2cc(CCCCN(CCC)C3Cc4ccccc4C3)nn2)nn1)C1Cc2ccccc2C1. The molecule has 0 bridgehead atoms. The Hall–Kier alpha value is -3.56. The van der Waals surface area contributed by atoms with Crippen LogP contribution in [0.15, 0.2) is 60.9 Å². The van der Waals surface area contributed by atoms with Crippen molar-refractivity contribution < 1.29 is 23.7 Å². The Morgan fingerprint density at radius 3 is 1.16 bits per heavy atom. The average Bonchev–Trinajstić information content (AvgIpc) is 4.11. The van der Waals surface area contributed by atoms with Crippen LogP contribution in [-0.4, -0.2) is 144 Å². The Bertz CT molecular complexity index is 1590. The van der Waals surface area contributed by atoms with Crippen LogP contribution in [0.5, 0.6) is 0 Å². The lowest BCUT2D eigenvalue weighted by molar-refractivity contribution is -0.0121. The third-order valence-electron chi connectivity index (χ3n) is 12.0. The molecule has 336 valence electrons. The summed E-state index contributed by atoms with van der Waals surface area (Å²) in [5.74, 6) is 0. The summed E-state index contributed by atoms with van der Waals surface area (Å²) in [7, 11) is 0. The van der Waals surface area contributed by atoms with Crippen molar-refractivity contribution in [2.75, 3.05) is 92.2 Å². The van der Waals surface area contributed by atoms with E-state index in [0.717, 1.165) is 50.2 Å². The summed E-state index contributed by atoms with van der Waals surface area (Å²) < 4.78 is 32.2. The van der Waals surface area contributed by atoms with Gasteiger partial charge in [0.1, 0.15) is 0 Å². The predicted octanol–water partition coefficient (Wildman–Crippen LogP) is 6.06. The number of hydrogen-bond acceptors (Lipinski definition) is 11. The fraction of sp³-hybridized carbons (Fsp3) is 0.667. The van der Waals surface area contributed by atoms with Crippen molar-refractivity contribution in [3.63, 3.8) is 0 Å². The topological polar surface area (TPSA) is 114 Å². The first-order chi connectivity index (χ1) is 30.2. The summed E-state index contributed by atoms with van der Waals surface area (Å²) in [4.78, 5) is 5.41. The van der Waals surface area contributed by atoms with E-state index in [1.807, 2.05) is 9.36 Å². The number of aromatic nitrogens is 6. The maximum atomic E-state index is 5.74. The lowest BCUT2D eigenvalue weighted by Gasteiger charge is -2.28. The van der Waals surface area contributed by atoms with Gasteiger partial charge in [0.25, 0.3) is 0 Å². The molecule has 0 amide bonds. The van der Waals surface area contributed by atoms with Crippen LogP contribution in [0.1, 0.15) is 86.0 Å². The second-order valence-electron chi connectivity index (χ2n) is 16.7. The normalized spacial score (nSPS) is 14.2. The van der Waals surface area contributed by atoms with Gasteiger partial charge in [-0.25, -0.2) is 9.36 Å². The number of aryl methyl sites for hydroxylation is 2. The van der Waals surface area contributed by atoms with Gasteiger partial charge in [-0.3, -0.25) is 9.80 Å². The second kappa shape index (κ2) is 27.5. The molecule has 2 aliphatic rings. The smallest absolute Gasteiger partial charge is 0.0827 e. The summed E-state index contributed by atoms with van der Waals surface area (Å²) in [6.07, 6.45) is 17.8. The van der Waals surface area contributed by atoms with Crippen molar-refractivity contribution in [3.8, 4) is 0 Å². The molecule has 6 rings (SSSR count). The minimum absolute atomic E-state index is 0.528. The lowest BCUT2D eigenvalue weighted by atomic mass is 10.1. The zero-order chi connectivity index (χ0) is 42.2. The number of ether oxygens (including phenoxy) is 5. The molecule has 13 heteroatoms. The molecule has 4 aromatic rings. The van der Waals surface area contributed by atoms with Crippen molar-refractivity contribution in [3.05, 3.63) is 94.6 Å². The van der Waals surface area contributed by atoms with Crippen LogP contribution in [0.3, 0.4) is 0 Å². The molecule has 0 radical (unpaired) electrons. The minimum atomic E-state index is 0.528. The predicted molar refractivity (Wildman–Crippen MR) is 239 cm³/mol. The van der Waals surface area contributed by atoms with Crippen molar-refractivity contribution in [2.45, 2.75) is 116 Å². The van der Waals surface area contributed by atoms with Gasteiger partial charge in [0, 0.05) is 24.5 Å². The van der Waals surface area contributed by atoms with E-state index in [9.17, 15) is 0 Å². The highest BCUT2D eigenvalue weighted by Gasteiger charge is 2.27. The minimum Gasteiger partial charge on any atom is -0.377 e. The molecular formula is C48H74N8O5. The van der Waals surface area contributed by atoms with E-state index in [1.165, 1.54) is 86.7 Å². The molecular weight excluding hydrogens is 769 g/mol. The van der Waals surface area contributed by atoms with E-state index in [2.05, 4.69) is 105 Å². The van der Waals surface area contributed by atoms with Crippen LogP contribution >= 0.6 is 0 Å². The van der Waals surface area contributed by atoms with Crippen molar-refractivity contribution in [2.24, 2.45) is 0 Å². The van der Waals surface area contributed by atoms with E-state index in [0.29, 0.717) is 91.2 Å². The van der Waals surface area contributed by atoms with Crippen molar-refractivity contribution in [1.82, 2.24) is 39.8 Å². The summed E-state index contributed by atoms with van der Waals surface area (Å²) >= 11 is 0. The van der Waals surface area contributed by atoms with Crippen LogP contribution in [-0.2, 0) is 75.3 Å². The first-order valence-corrected chi connectivity index (χ1v) is 23.5. The third kappa shape index (κ3) is 16.6. The molecule has 0 saturated heterocycles. The quantitative estimate of drug-likeness (QED) is 0.0512. The van der Waals surface area contributed by atoms with Gasteiger partial charge in [0.2, 0.25) is 0 Å². The van der Waals surface area contributed by atoms with Gasteiger partial charge in [-0.1, -0.05) is 72.8 Å². The largest absolute Gasteiger partial charge is 0.377 e. The van der Waals surface area contributed by atoms with Crippen LogP contribution in [0.25, 0.3) is 0 Å². The van der Waals surface area contributed by atoms with Crippen LogP contribution < -0.4 is 0 Å². The first-order valence-electron chi connectivity index (χ1n) is 23.5. The van der Waals surface area contributed by atoms with Gasteiger partial charge < -0.3 is 23.7 Å². The first kappa shape index (κ1) is 46.9. The van der Waals surface area contributed by atoms with Gasteiger partial charge in [-0.05, 0) is 125 Å². The second-order valence-corrected chi connectivity index (χ2v) is 16.7. The Balaban J connectivity index is 0.673. The Kier molecular flexibility index (Phi) is 21.1. The van der Waals surface area contributed by atoms with Crippen LogP contribution in [0.4, 0.5) is 0 Å². The molecule has 0 atom stereocenters. The van der Waals surface area contributed by atoms with Gasteiger partial charge in [-0.15, -0.1) is 10.2 Å². The maximum Gasteiger partial charge on any atom is 0.0827 e. The molecule has 2 aromatic heterocycles. The number of nitrogens with zero attached hydrogens (tertiary/aromatic N) is 8. The highest BCUT2D eigenvalue weighted by atomic mass is 16.6. The highest BCUT2D eigenvalue weighted by molar-refractivity contribution is 5.34. The standard InChI is InChI=1S/C48H74N8O5/c1-3-19-53(47-35-41-13-5-6-14-42(41)36-47)21-11-9-17-45-39-55(51-49-45)23-25-57-27-29-59-31-33-61-34-32-60-30-28-58-26-24-56-40-46(50-52-56)18-10-12-22-54(20-4-2)48-37-43-15-7-8-16-44(43)38-48/h5-8,13-16,39-40,47-48H,3-4,9-12,17-38H2,1-2H3. The number of benzene rings is 2. The maximum absolute atomic E-state index is 5.74. The fourth-order valence-corrected chi connectivity index (χ4v) is 8.78. The van der Waals surface area contributed by atoms with E-state index >= 15 is 0 Å². The number of rotatable bonds is 34. The van der Waals surface area contributed by atoms with Gasteiger partial charge >= 0.3 is 0 Å². The zero-order valence-corrected chi connectivity index (χ0v) is 37.3. The summed E-state index contributed by atoms with van der Waals surface area (Å²) in [6, 6.07) is 19.2. The average molecular weight is 843 g/mol.